The molecule has 1 aliphatic heterocycles. The fourth-order valence-corrected chi connectivity index (χ4v) is 4.20. The molecule has 1 heterocycles. The van der Waals surface area contributed by atoms with Gasteiger partial charge in [-0.2, -0.15) is 9.98 Å². The van der Waals surface area contributed by atoms with Gasteiger partial charge in [0.25, 0.3) is 0 Å². The Bertz CT molecular complexity index is 992. The lowest BCUT2D eigenvalue weighted by atomic mass is 10.1. The third-order valence-corrected chi connectivity index (χ3v) is 5.87. The standard InChI is InChI=1S/C19H19N3O3S/c1-13-3-5-15(6-4-13)18(12-20)21-26(24,25)17-7-8-19-16(11-17)9-10-22(19)14(2)23/h3-8,11,18,21H,9-10H2,1-2H3. The first-order valence-electron chi connectivity index (χ1n) is 8.21. The quantitative estimate of drug-likeness (QED) is 0.896. The highest BCUT2D eigenvalue weighted by Crippen LogP contribution is 2.30. The Morgan fingerprint density at radius 2 is 1.92 bits per heavy atom. The molecule has 1 aliphatic rings. The summed E-state index contributed by atoms with van der Waals surface area (Å²) in [5, 5.41) is 9.39. The van der Waals surface area contributed by atoms with Gasteiger partial charge in [-0.1, -0.05) is 29.8 Å². The summed E-state index contributed by atoms with van der Waals surface area (Å²) in [4.78, 5) is 13.3. The van der Waals surface area contributed by atoms with Crippen molar-refractivity contribution in [1.82, 2.24) is 4.72 Å². The number of hydrogen-bond acceptors (Lipinski definition) is 4. The van der Waals surface area contributed by atoms with E-state index in [-0.39, 0.29) is 10.8 Å². The van der Waals surface area contributed by atoms with E-state index in [1.807, 2.05) is 25.1 Å². The number of nitrogens with zero attached hydrogens (tertiary/aromatic N) is 2. The van der Waals surface area contributed by atoms with Crippen LogP contribution in [0.3, 0.4) is 0 Å². The van der Waals surface area contributed by atoms with E-state index in [0.29, 0.717) is 18.5 Å². The van der Waals surface area contributed by atoms with Crippen LogP contribution in [0.2, 0.25) is 0 Å². The number of rotatable bonds is 4. The van der Waals surface area contributed by atoms with Gasteiger partial charge < -0.3 is 4.90 Å². The van der Waals surface area contributed by atoms with Crippen molar-refractivity contribution in [3.8, 4) is 6.07 Å². The van der Waals surface area contributed by atoms with Gasteiger partial charge >= 0.3 is 0 Å². The van der Waals surface area contributed by atoms with Gasteiger partial charge in [-0.05, 0) is 42.7 Å². The summed E-state index contributed by atoms with van der Waals surface area (Å²) >= 11 is 0. The monoisotopic (exact) mass is 369 g/mol. The maximum Gasteiger partial charge on any atom is 0.242 e. The SMILES string of the molecule is CC(=O)N1CCc2cc(S(=O)(=O)NC(C#N)c3ccc(C)cc3)ccc21. The van der Waals surface area contributed by atoms with E-state index in [9.17, 15) is 18.5 Å². The van der Waals surface area contributed by atoms with Crippen molar-refractivity contribution < 1.29 is 13.2 Å². The van der Waals surface area contributed by atoms with Crippen LogP contribution in [-0.4, -0.2) is 20.9 Å². The van der Waals surface area contributed by atoms with Gasteiger partial charge in [0, 0.05) is 19.2 Å². The van der Waals surface area contributed by atoms with E-state index in [1.54, 1.807) is 29.2 Å². The number of fused-ring (bicyclic) bond motifs is 1. The third kappa shape index (κ3) is 3.47. The Balaban J connectivity index is 1.88. The molecule has 1 atom stereocenters. The molecule has 2 aromatic carbocycles. The van der Waals surface area contributed by atoms with E-state index in [1.165, 1.54) is 13.0 Å². The first-order chi connectivity index (χ1) is 12.3. The third-order valence-electron chi connectivity index (χ3n) is 4.45. The number of carbonyl (C=O) groups is 1. The number of amides is 1. The van der Waals surface area contributed by atoms with Gasteiger partial charge in [-0.25, -0.2) is 8.42 Å². The van der Waals surface area contributed by atoms with Crippen LogP contribution >= 0.6 is 0 Å². The minimum atomic E-state index is -3.87. The molecule has 6 nitrogen and oxygen atoms in total. The number of sulfonamides is 1. The Morgan fingerprint density at radius 3 is 2.54 bits per heavy atom. The molecule has 0 aromatic heterocycles. The van der Waals surface area contributed by atoms with Gasteiger partial charge in [-0.3, -0.25) is 4.79 Å². The molecule has 0 fully saturated rings. The normalized spacial score (nSPS) is 14.6. The summed E-state index contributed by atoms with van der Waals surface area (Å²) < 4.78 is 27.9. The summed E-state index contributed by atoms with van der Waals surface area (Å²) in [6.45, 7) is 3.95. The molecule has 3 rings (SSSR count). The second-order valence-electron chi connectivity index (χ2n) is 6.31. The lowest BCUT2D eigenvalue weighted by molar-refractivity contribution is -0.116. The van der Waals surface area contributed by atoms with Crippen LogP contribution in [0.25, 0.3) is 0 Å². The van der Waals surface area contributed by atoms with E-state index in [2.05, 4.69) is 4.72 Å². The Hall–Kier alpha value is -2.69. The molecule has 2 aromatic rings. The number of benzene rings is 2. The van der Waals surface area contributed by atoms with Crippen molar-refractivity contribution in [2.75, 3.05) is 11.4 Å². The summed E-state index contributed by atoms with van der Waals surface area (Å²) in [5.74, 6) is -0.0682. The van der Waals surface area contributed by atoms with E-state index >= 15 is 0 Å². The molecule has 134 valence electrons. The second-order valence-corrected chi connectivity index (χ2v) is 8.02. The van der Waals surface area contributed by atoms with Crippen LogP contribution in [0.4, 0.5) is 5.69 Å². The molecular weight excluding hydrogens is 350 g/mol. The fourth-order valence-electron chi connectivity index (χ4n) is 3.02. The highest BCUT2D eigenvalue weighted by atomic mass is 32.2. The number of hydrogen-bond donors (Lipinski definition) is 1. The zero-order valence-corrected chi connectivity index (χ0v) is 15.4. The lowest BCUT2D eigenvalue weighted by Crippen LogP contribution is -2.28. The molecule has 0 radical (unpaired) electrons. The molecule has 26 heavy (non-hydrogen) atoms. The van der Waals surface area contributed by atoms with Crippen LogP contribution in [0.1, 0.15) is 29.7 Å². The van der Waals surface area contributed by atoms with Gasteiger partial charge in [0.1, 0.15) is 6.04 Å². The second kappa shape index (κ2) is 6.90. The van der Waals surface area contributed by atoms with Crippen molar-refractivity contribution in [2.24, 2.45) is 0 Å². The molecule has 0 spiro atoms. The molecule has 0 aliphatic carbocycles. The molecule has 1 unspecified atom stereocenters. The Labute approximate surface area is 153 Å². The van der Waals surface area contributed by atoms with Crippen LogP contribution in [-0.2, 0) is 21.2 Å². The number of aryl methyl sites for hydroxylation is 1. The number of anilines is 1. The largest absolute Gasteiger partial charge is 0.312 e. The summed E-state index contributed by atoms with van der Waals surface area (Å²) in [6, 6.07) is 12.8. The molecule has 0 saturated heterocycles. The van der Waals surface area contributed by atoms with Crippen LogP contribution in [0.5, 0.6) is 0 Å². The van der Waals surface area contributed by atoms with Crippen molar-refractivity contribution in [3.63, 3.8) is 0 Å². The lowest BCUT2D eigenvalue weighted by Gasteiger charge is -2.16. The molecule has 1 N–H and O–H groups in total. The van der Waals surface area contributed by atoms with E-state index in [0.717, 1.165) is 16.8 Å². The van der Waals surface area contributed by atoms with Crippen molar-refractivity contribution >= 4 is 21.6 Å². The topological polar surface area (TPSA) is 90.3 Å². The smallest absolute Gasteiger partial charge is 0.242 e. The zero-order chi connectivity index (χ0) is 18.9. The average molecular weight is 369 g/mol. The van der Waals surface area contributed by atoms with Crippen LogP contribution < -0.4 is 9.62 Å². The van der Waals surface area contributed by atoms with Crippen molar-refractivity contribution in [1.29, 1.82) is 5.26 Å². The van der Waals surface area contributed by atoms with E-state index in [4.69, 9.17) is 0 Å². The highest BCUT2D eigenvalue weighted by molar-refractivity contribution is 7.89. The fraction of sp³-hybridized carbons (Fsp3) is 0.263. The van der Waals surface area contributed by atoms with Crippen molar-refractivity contribution in [3.05, 3.63) is 59.2 Å². The van der Waals surface area contributed by atoms with Gasteiger partial charge in [0.15, 0.2) is 0 Å². The van der Waals surface area contributed by atoms with Gasteiger partial charge in [0.2, 0.25) is 15.9 Å². The number of nitrogens with one attached hydrogen (secondary N) is 1. The summed E-state index contributed by atoms with van der Waals surface area (Å²) in [5.41, 5.74) is 3.17. The molecule has 1 amide bonds. The highest BCUT2D eigenvalue weighted by Gasteiger charge is 2.26. The number of nitriles is 1. The van der Waals surface area contributed by atoms with Crippen molar-refractivity contribution in [2.45, 2.75) is 31.2 Å². The maximum atomic E-state index is 12.7. The first kappa shape index (κ1) is 18.1. The molecule has 7 heteroatoms. The summed E-state index contributed by atoms with van der Waals surface area (Å²) in [7, 11) is -3.87. The Kier molecular flexibility index (Phi) is 4.81. The molecule has 0 saturated carbocycles. The minimum Gasteiger partial charge on any atom is -0.312 e. The molecular formula is C19H19N3O3S. The number of carbonyl (C=O) groups excluding carboxylic acids is 1. The van der Waals surface area contributed by atoms with Gasteiger partial charge in [0.05, 0.1) is 11.0 Å². The predicted octanol–water partition coefficient (Wildman–Crippen LogP) is 2.45. The Morgan fingerprint density at radius 1 is 1.23 bits per heavy atom. The predicted molar refractivity (Wildman–Crippen MR) is 98.0 cm³/mol. The minimum absolute atomic E-state index is 0.0682. The van der Waals surface area contributed by atoms with Gasteiger partial charge in [-0.15, -0.1) is 0 Å². The van der Waals surface area contributed by atoms with Crippen LogP contribution in [0, 0.1) is 18.3 Å². The average Bonchev–Trinajstić information content (AvgIpc) is 3.04. The zero-order valence-electron chi connectivity index (χ0n) is 14.6. The van der Waals surface area contributed by atoms with E-state index < -0.39 is 16.1 Å². The first-order valence-corrected chi connectivity index (χ1v) is 9.69. The van der Waals surface area contributed by atoms with Crippen LogP contribution in [0.15, 0.2) is 47.4 Å². The summed E-state index contributed by atoms with van der Waals surface area (Å²) in [6.07, 6.45) is 0.609. The maximum absolute atomic E-state index is 12.7. The molecule has 0 bridgehead atoms.